The highest BCUT2D eigenvalue weighted by Gasteiger charge is 2.09. The van der Waals surface area contributed by atoms with Crippen molar-refractivity contribution in [1.82, 2.24) is 15.5 Å². The molecule has 0 aliphatic heterocycles. The lowest BCUT2D eigenvalue weighted by Crippen LogP contribution is -2.21. The molecule has 0 aliphatic rings. The Hall–Kier alpha value is -2.46. The predicted octanol–water partition coefficient (Wildman–Crippen LogP) is 3.63. The van der Waals surface area contributed by atoms with Gasteiger partial charge in [-0.15, -0.1) is 10.2 Å². The van der Waals surface area contributed by atoms with E-state index in [1.54, 1.807) is 0 Å². The third kappa shape index (κ3) is 3.59. The molecule has 4 nitrogen and oxygen atoms in total. The molecule has 2 aromatic carbocycles. The molecule has 112 valence electrons. The number of aromatic nitrogens is 2. The lowest BCUT2D eigenvalue weighted by molar-refractivity contribution is 0.481. The normalized spacial score (nSPS) is 12.2. The molecular weight excluding hydrogens is 274 g/mol. The van der Waals surface area contributed by atoms with E-state index in [-0.39, 0.29) is 0 Å². The van der Waals surface area contributed by atoms with E-state index in [0.717, 1.165) is 18.5 Å². The van der Waals surface area contributed by atoms with Crippen LogP contribution < -0.4 is 5.32 Å². The predicted molar refractivity (Wildman–Crippen MR) is 86.3 cm³/mol. The van der Waals surface area contributed by atoms with E-state index in [4.69, 9.17) is 4.42 Å². The Balaban J connectivity index is 1.53. The van der Waals surface area contributed by atoms with E-state index in [2.05, 4.69) is 46.7 Å². The van der Waals surface area contributed by atoms with Crippen LogP contribution in [0.25, 0.3) is 11.5 Å². The van der Waals surface area contributed by atoms with Crippen molar-refractivity contribution >= 4 is 0 Å². The van der Waals surface area contributed by atoms with Crippen LogP contribution in [0.3, 0.4) is 0 Å². The average molecular weight is 293 g/mol. The number of benzene rings is 2. The Labute approximate surface area is 130 Å². The first-order valence-corrected chi connectivity index (χ1v) is 7.49. The van der Waals surface area contributed by atoms with Gasteiger partial charge in [-0.1, -0.05) is 48.5 Å². The van der Waals surface area contributed by atoms with Crippen LogP contribution in [0, 0.1) is 0 Å². The van der Waals surface area contributed by atoms with Gasteiger partial charge in [0, 0.05) is 24.6 Å². The lowest BCUT2D eigenvalue weighted by Gasteiger charge is -2.13. The van der Waals surface area contributed by atoms with Crippen LogP contribution >= 0.6 is 0 Å². The first-order valence-electron chi connectivity index (χ1n) is 7.49. The largest absolute Gasteiger partial charge is 0.421 e. The fraction of sp³-hybridized carbons (Fsp3) is 0.222. The highest BCUT2D eigenvalue weighted by molar-refractivity contribution is 5.51. The molecule has 0 saturated carbocycles. The minimum absolute atomic E-state index is 0.303. The molecule has 0 radical (unpaired) electrons. The van der Waals surface area contributed by atoms with Gasteiger partial charge in [0.25, 0.3) is 0 Å². The second-order valence-electron chi connectivity index (χ2n) is 5.20. The molecule has 1 unspecified atom stereocenters. The molecule has 1 aromatic heterocycles. The van der Waals surface area contributed by atoms with Crippen molar-refractivity contribution in [3.63, 3.8) is 0 Å². The fourth-order valence-electron chi connectivity index (χ4n) is 2.31. The van der Waals surface area contributed by atoms with Gasteiger partial charge in [-0.05, 0) is 24.6 Å². The summed E-state index contributed by atoms with van der Waals surface area (Å²) in [5.41, 5.74) is 2.23. The van der Waals surface area contributed by atoms with Crippen molar-refractivity contribution < 1.29 is 4.42 Å². The third-order valence-electron chi connectivity index (χ3n) is 3.58. The molecule has 1 N–H and O–H groups in total. The molecule has 0 amide bonds. The van der Waals surface area contributed by atoms with Crippen LogP contribution in [0.2, 0.25) is 0 Å². The smallest absolute Gasteiger partial charge is 0.247 e. The van der Waals surface area contributed by atoms with Crippen LogP contribution in [-0.4, -0.2) is 16.7 Å². The third-order valence-corrected chi connectivity index (χ3v) is 3.58. The number of nitrogens with zero attached hydrogens (tertiary/aromatic N) is 2. The van der Waals surface area contributed by atoms with Gasteiger partial charge in [0.1, 0.15) is 0 Å². The summed E-state index contributed by atoms with van der Waals surface area (Å²) in [7, 11) is 0. The zero-order valence-electron chi connectivity index (χ0n) is 12.6. The van der Waals surface area contributed by atoms with E-state index in [1.165, 1.54) is 5.56 Å². The summed E-state index contributed by atoms with van der Waals surface area (Å²) in [5, 5.41) is 11.7. The zero-order valence-corrected chi connectivity index (χ0v) is 12.6. The minimum Gasteiger partial charge on any atom is -0.421 e. The molecule has 0 fully saturated rings. The fourth-order valence-corrected chi connectivity index (χ4v) is 2.31. The van der Waals surface area contributed by atoms with Crippen LogP contribution in [0.15, 0.2) is 65.1 Å². The van der Waals surface area contributed by atoms with Gasteiger partial charge >= 0.3 is 0 Å². The van der Waals surface area contributed by atoms with Gasteiger partial charge in [-0.2, -0.15) is 0 Å². The quantitative estimate of drug-likeness (QED) is 0.754. The van der Waals surface area contributed by atoms with Crippen molar-refractivity contribution in [2.75, 3.05) is 6.54 Å². The molecule has 1 heterocycles. The van der Waals surface area contributed by atoms with Crippen LogP contribution in [0.1, 0.15) is 24.4 Å². The van der Waals surface area contributed by atoms with Crippen LogP contribution in [0.5, 0.6) is 0 Å². The van der Waals surface area contributed by atoms with Crippen molar-refractivity contribution in [3.8, 4) is 11.5 Å². The first kappa shape index (κ1) is 14.5. The summed E-state index contributed by atoms with van der Waals surface area (Å²) in [4.78, 5) is 0. The van der Waals surface area contributed by atoms with Crippen LogP contribution in [-0.2, 0) is 6.42 Å². The van der Waals surface area contributed by atoms with E-state index in [9.17, 15) is 0 Å². The molecular formula is C18H19N3O. The highest BCUT2D eigenvalue weighted by atomic mass is 16.4. The molecule has 0 aliphatic carbocycles. The molecule has 22 heavy (non-hydrogen) atoms. The summed E-state index contributed by atoms with van der Waals surface area (Å²) >= 11 is 0. The van der Waals surface area contributed by atoms with Gasteiger partial charge in [-0.3, -0.25) is 0 Å². The summed E-state index contributed by atoms with van der Waals surface area (Å²) in [6.45, 7) is 2.95. The van der Waals surface area contributed by atoms with Crippen molar-refractivity contribution in [2.24, 2.45) is 0 Å². The van der Waals surface area contributed by atoms with Crippen molar-refractivity contribution in [2.45, 2.75) is 19.4 Å². The molecule has 0 spiro atoms. The van der Waals surface area contributed by atoms with E-state index < -0.39 is 0 Å². The number of hydrogen-bond donors (Lipinski definition) is 1. The van der Waals surface area contributed by atoms with E-state index in [1.807, 2.05) is 36.4 Å². The highest BCUT2D eigenvalue weighted by Crippen LogP contribution is 2.17. The Morgan fingerprint density at radius 2 is 1.64 bits per heavy atom. The van der Waals surface area contributed by atoms with Gasteiger partial charge in [0.15, 0.2) is 0 Å². The van der Waals surface area contributed by atoms with E-state index in [0.29, 0.717) is 17.8 Å². The first-order chi connectivity index (χ1) is 10.8. The van der Waals surface area contributed by atoms with E-state index >= 15 is 0 Å². The molecule has 1 atom stereocenters. The Bertz CT molecular complexity index is 695. The Morgan fingerprint density at radius 1 is 0.955 bits per heavy atom. The van der Waals surface area contributed by atoms with Gasteiger partial charge < -0.3 is 9.73 Å². The number of rotatable bonds is 6. The monoisotopic (exact) mass is 293 g/mol. The van der Waals surface area contributed by atoms with Crippen molar-refractivity contribution in [1.29, 1.82) is 0 Å². The topological polar surface area (TPSA) is 51.0 Å². The zero-order chi connectivity index (χ0) is 15.2. The van der Waals surface area contributed by atoms with Gasteiger partial charge in [0.05, 0.1) is 0 Å². The maximum Gasteiger partial charge on any atom is 0.247 e. The van der Waals surface area contributed by atoms with Gasteiger partial charge in [0.2, 0.25) is 11.8 Å². The summed E-state index contributed by atoms with van der Waals surface area (Å²) < 4.78 is 5.69. The molecule has 3 rings (SSSR count). The summed E-state index contributed by atoms with van der Waals surface area (Å²) in [6.07, 6.45) is 0.719. The SMILES string of the molecule is CC(NCCc1nnc(-c2ccccc2)o1)c1ccccc1. The standard InChI is InChI=1S/C18H19N3O/c1-14(15-8-4-2-5-9-15)19-13-12-17-20-21-18(22-17)16-10-6-3-7-11-16/h2-11,14,19H,12-13H2,1H3. The second kappa shape index (κ2) is 7.00. The summed E-state index contributed by atoms with van der Waals surface area (Å²) in [5.74, 6) is 1.23. The number of hydrogen-bond acceptors (Lipinski definition) is 4. The summed E-state index contributed by atoms with van der Waals surface area (Å²) in [6, 6.07) is 20.5. The Morgan fingerprint density at radius 3 is 2.36 bits per heavy atom. The number of nitrogens with one attached hydrogen (secondary N) is 1. The molecule has 0 bridgehead atoms. The van der Waals surface area contributed by atoms with Crippen LogP contribution in [0.4, 0.5) is 0 Å². The average Bonchev–Trinajstić information content (AvgIpc) is 3.05. The Kier molecular flexibility index (Phi) is 4.61. The maximum absolute atomic E-state index is 5.69. The maximum atomic E-state index is 5.69. The molecule has 3 aromatic rings. The molecule has 4 heteroatoms. The minimum atomic E-state index is 0.303. The molecule has 0 saturated heterocycles. The lowest BCUT2D eigenvalue weighted by atomic mass is 10.1. The van der Waals surface area contributed by atoms with Gasteiger partial charge in [-0.25, -0.2) is 0 Å². The second-order valence-corrected chi connectivity index (χ2v) is 5.20. The van der Waals surface area contributed by atoms with Crippen molar-refractivity contribution in [3.05, 3.63) is 72.1 Å².